The molecule has 2 saturated heterocycles. The van der Waals surface area contributed by atoms with Crippen LogP contribution in [0.15, 0.2) is 53.4 Å². The summed E-state index contributed by atoms with van der Waals surface area (Å²) in [6.45, 7) is 1.80. The molecule has 0 radical (unpaired) electrons. The number of rotatable bonds is 7. The Morgan fingerprint density at radius 2 is 1.79 bits per heavy atom. The Hall–Kier alpha value is -2.13. The molecule has 0 aliphatic carbocycles. The zero-order chi connectivity index (χ0) is 23.3. The van der Waals surface area contributed by atoms with Crippen molar-refractivity contribution in [2.45, 2.75) is 43.1 Å². The van der Waals surface area contributed by atoms with Gasteiger partial charge in [0.15, 0.2) is 0 Å². The molecule has 9 heteroatoms. The van der Waals surface area contributed by atoms with E-state index in [4.69, 9.17) is 21.1 Å². The number of nitrogens with one attached hydrogen (secondary N) is 1. The van der Waals surface area contributed by atoms with Gasteiger partial charge in [0, 0.05) is 30.6 Å². The van der Waals surface area contributed by atoms with Gasteiger partial charge in [0.25, 0.3) is 0 Å². The fourth-order valence-corrected chi connectivity index (χ4v) is 5.76. The lowest BCUT2D eigenvalue weighted by Crippen LogP contribution is -2.41. The van der Waals surface area contributed by atoms with Gasteiger partial charge in [-0.15, -0.1) is 0 Å². The molecule has 1 amide bonds. The lowest BCUT2D eigenvalue weighted by Gasteiger charge is -2.30. The number of para-hydroxylation sites is 2. The second-order valence-electron chi connectivity index (χ2n) is 8.42. The lowest BCUT2D eigenvalue weighted by molar-refractivity contribution is -0.120. The molecule has 0 bridgehead atoms. The number of hydrogen-bond donors (Lipinski definition) is 1. The first-order valence-electron chi connectivity index (χ1n) is 11.3. The third-order valence-electron chi connectivity index (χ3n) is 6.12. The number of carbonyl (C=O) groups excluding carboxylic acids is 1. The highest BCUT2D eigenvalue weighted by atomic mass is 35.5. The van der Waals surface area contributed by atoms with Gasteiger partial charge in [-0.2, -0.15) is 4.31 Å². The summed E-state index contributed by atoms with van der Waals surface area (Å²) >= 11 is 5.87. The number of benzene rings is 2. The van der Waals surface area contributed by atoms with Crippen molar-refractivity contribution < 1.29 is 22.7 Å². The van der Waals surface area contributed by atoms with Crippen molar-refractivity contribution >= 4 is 33.2 Å². The summed E-state index contributed by atoms with van der Waals surface area (Å²) in [5.74, 6) is 0.225. The lowest BCUT2D eigenvalue weighted by atomic mass is 9.97. The summed E-state index contributed by atoms with van der Waals surface area (Å²) in [6.07, 6.45) is 4.19. The minimum Gasteiger partial charge on any atom is -0.489 e. The van der Waals surface area contributed by atoms with E-state index in [2.05, 4.69) is 5.32 Å². The van der Waals surface area contributed by atoms with Crippen LogP contribution in [0.5, 0.6) is 5.75 Å². The van der Waals surface area contributed by atoms with Gasteiger partial charge in [-0.3, -0.25) is 4.79 Å². The fraction of sp³-hybridized carbons (Fsp3) is 0.458. The Kier molecular flexibility index (Phi) is 7.90. The second kappa shape index (κ2) is 10.9. The van der Waals surface area contributed by atoms with E-state index in [0.717, 1.165) is 25.9 Å². The predicted octanol–water partition coefficient (Wildman–Crippen LogP) is 4.33. The molecule has 2 aromatic rings. The van der Waals surface area contributed by atoms with Gasteiger partial charge >= 0.3 is 0 Å². The van der Waals surface area contributed by atoms with Crippen LogP contribution in [-0.4, -0.2) is 51.0 Å². The van der Waals surface area contributed by atoms with E-state index in [9.17, 15) is 13.2 Å². The number of anilines is 1. The summed E-state index contributed by atoms with van der Waals surface area (Å²) in [7, 11) is -3.60. The average molecular weight is 493 g/mol. The third kappa shape index (κ3) is 6.06. The molecule has 1 unspecified atom stereocenters. The fourth-order valence-electron chi connectivity index (χ4n) is 4.17. The van der Waals surface area contributed by atoms with E-state index < -0.39 is 10.0 Å². The molecule has 1 atom stereocenters. The van der Waals surface area contributed by atoms with Crippen LogP contribution in [0.25, 0.3) is 0 Å². The normalized spacial score (nSPS) is 20.3. The highest BCUT2D eigenvalue weighted by Crippen LogP contribution is 2.29. The van der Waals surface area contributed by atoms with Crippen molar-refractivity contribution in [3.63, 3.8) is 0 Å². The number of halogens is 1. The van der Waals surface area contributed by atoms with E-state index in [0.29, 0.717) is 49.0 Å². The van der Waals surface area contributed by atoms with Gasteiger partial charge < -0.3 is 14.8 Å². The van der Waals surface area contributed by atoms with E-state index in [1.54, 1.807) is 12.1 Å². The van der Waals surface area contributed by atoms with Gasteiger partial charge in [0.1, 0.15) is 12.4 Å². The molecule has 0 aromatic heterocycles. The van der Waals surface area contributed by atoms with Crippen LogP contribution in [0.3, 0.4) is 0 Å². The number of hydrogen-bond acceptors (Lipinski definition) is 5. The molecule has 2 aliphatic heterocycles. The SMILES string of the molecule is O=C(Nc1ccccc1OCC1CCCCO1)C1CCN(S(=O)(=O)c2ccc(Cl)cc2)CC1. The molecule has 0 spiro atoms. The van der Waals surface area contributed by atoms with Gasteiger partial charge in [0.05, 0.1) is 16.7 Å². The molecule has 1 N–H and O–H groups in total. The van der Waals surface area contributed by atoms with Crippen molar-refractivity contribution in [2.75, 3.05) is 31.6 Å². The zero-order valence-electron chi connectivity index (χ0n) is 18.4. The number of sulfonamides is 1. The summed E-state index contributed by atoms with van der Waals surface area (Å²) in [4.78, 5) is 13.1. The van der Waals surface area contributed by atoms with Crippen molar-refractivity contribution in [1.29, 1.82) is 0 Å². The molecule has 0 saturated carbocycles. The number of ether oxygens (including phenoxy) is 2. The molecule has 2 fully saturated rings. The van der Waals surface area contributed by atoms with E-state index in [-0.39, 0.29) is 22.8 Å². The molecule has 33 heavy (non-hydrogen) atoms. The van der Waals surface area contributed by atoms with Gasteiger partial charge in [-0.25, -0.2) is 8.42 Å². The first-order chi connectivity index (χ1) is 15.9. The Bertz CT molecular complexity index is 1050. The minimum atomic E-state index is -3.60. The van der Waals surface area contributed by atoms with E-state index in [1.165, 1.54) is 16.4 Å². The van der Waals surface area contributed by atoms with E-state index >= 15 is 0 Å². The zero-order valence-corrected chi connectivity index (χ0v) is 20.0. The minimum absolute atomic E-state index is 0.0782. The standard InChI is InChI=1S/C24H29ClN2O5S/c25-19-8-10-21(11-9-19)33(29,30)27-14-12-18(13-15-27)24(28)26-22-6-1-2-7-23(22)32-17-20-5-3-4-16-31-20/h1-2,6-11,18,20H,3-5,12-17H2,(H,26,28). The molecular formula is C24H29ClN2O5S. The largest absolute Gasteiger partial charge is 0.489 e. The van der Waals surface area contributed by atoms with Crippen molar-refractivity contribution in [2.24, 2.45) is 5.92 Å². The predicted molar refractivity (Wildman–Crippen MR) is 127 cm³/mol. The van der Waals surface area contributed by atoms with Crippen molar-refractivity contribution in [3.05, 3.63) is 53.6 Å². The van der Waals surface area contributed by atoms with Crippen LogP contribution in [0.4, 0.5) is 5.69 Å². The summed E-state index contributed by atoms with van der Waals surface area (Å²) in [6, 6.07) is 13.5. The number of carbonyl (C=O) groups is 1. The highest BCUT2D eigenvalue weighted by Gasteiger charge is 2.32. The Morgan fingerprint density at radius 1 is 1.06 bits per heavy atom. The first-order valence-corrected chi connectivity index (χ1v) is 13.2. The van der Waals surface area contributed by atoms with Crippen molar-refractivity contribution in [3.8, 4) is 5.75 Å². The van der Waals surface area contributed by atoms with Crippen LogP contribution >= 0.6 is 11.6 Å². The van der Waals surface area contributed by atoms with Crippen LogP contribution in [0.1, 0.15) is 32.1 Å². The summed E-state index contributed by atoms with van der Waals surface area (Å²) < 4.78 is 38.8. The Morgan fingerprint density at radius 3 is 2.48 bits per heavy atom. The van der Waals surface area contributed by atoms with Crippen LogP contribution < -0.4 is 10.1 Å². The molecule has 2 aliphatic rings. The van der Waals surface area contributed by atoms with Crippen LogP contribution in [-0.2, 0) is 19.6 Å². The molecular weight excluding hydrogens is 464 g/mol. The Labute approximate surface area is 200 Å². The maximum atomic E-state index is 12.9. The van der Waals surface area contributed by atoms with Gasteiger partial charge in [-0.05, 0) is 68.5 Å². The molecule has 7 nitrogen and oxygen atoms in total. The molecule has 178 valence electrons. The monoisotopic (exact) mass is 492 g/mol. The van der Waals surface area contributed by atoms with Crippen LogP contribution in [0.2, 0.25) is 5.02 Å². The first kappa shape index (κ1) is 24.0. The second-order valence-corrected chi connectivity index (χ2v) is 10.8. The maximum absolute atomic E-state index is 12.9. The number of piperidine rings is 1. The number of amides is 1. The van der Waals surface area contributed by atoms with Gasteiger partial charge in [0.2, 0.25) is 15.9 Å². The molecule has 2 aromatic carbocycles. The highest BCUT2D eigenvalue weighted by molar-refractivity contribution is 7.89. The summed E-state index contributed by atoms with van der Waals surface area (Å²) in [5.41, 5.74) is 0.620. The van der Waals surface area contributed by atoms with Crippen LogP contribution in [0, 0.1) is 5.92 Å². The van der Waals surface area contributed by atoms with Crippen molar-refractivity contribution in [1.82, 2.24) is 4.31 Å². The average Bonchev–Trinajstić information content (AvgIpc) is 2.84. The number of nitrogens with zero attached hydrogens (tertiary/aromatic N) is 1. The quantitative estimate of drug-likeness (QED) is 0.622. The molecule has 4 rings (SSSR count). The third-order valence-corrected chi connectivity index (χ3v) is 8.28. The smallest absolute Gasteiger partial charge is 0.243 e. The van der Waals surface area contributed by atoms with E-state index in [1.807, 2.05) is 24.3 Å². The van der Waals surface area contributed by atoms with Gasteiger partial charge in [-0.1, -0.05) is 23.7 Å². The summed E-state index contributed by atoms with van der Waals surface area (Å²) in [5, 5.41) is 3.46. The topological polar surface area (TPSA) is 84.9 Å². The maximum Gasteiger partial charge on any atom is 0.243 e. The Balaban J connectivity index is 1.32. The molecule has 2 heterocycles.